The van der Waals surface area contributed by atoms with E-state index in [9.17, 15) is 14.9 Å². The Bertz CT molecular complexity index is 692. The SMILES string of the molecule is CC(Sc1ccc([N+](=O)[O-])cc1)C(=O)OCc1ccc(Cl)nc1. The fourth-order valence-electron chi connectivity index (χ4n) is 1.66. The van der Waals surface area contributed by atoms with Gasteiger partial charge in [-0.05, 0) is 25.1 Å². The van der Waals surface area contributed by atoms with E-state index in [-0.39, 0.29) is 18.3 Å². The average molecular weight is 353 g/mol. The van der Waals surface area contributed by atoms with Gasteiger partial charge in [-0.3, -0.25) is 14.9 Å². The van der Waals surface area contributed by atoms with Crippen LogP contribution >= 0.6 is 23.4 Å². The lowest BCUT2D eigenvalue weighted by Crippen LogP contribution is -2.16. The predicted molar refractivity (Wildman–Crippen MR) is 87.5 cm³/mol. The molecule has 2 aromatic rings. The molecule has 0 N–H and O–H groups in total. The first kappa shape index (κ1) is 17.2. The van der Waals surface area contributed by atoms with Crippen LogP contribution in [-0.4, -0.2) is 21.1 Å². The molecule has 0 aliphatic rings. The van der Waals surface area contributed by atoms with Gasteiger partial charge in [0.1, 0.15) is 17.0 Å². The number of nitro benzene ring substituents is 1. The van der Waals surface area contributed by atoms with Crippen molar-refractivity contribution in [2.75, 3.05) is 0 Å². The fraction of sp³-hybridized carbons (Fsp3) is 0.200. The second kappa shape index (κ2) is 7.94. The highest BCUT2D eigenvalue weighted by Crippen LogP contribution is 2.26. The first-order chi connectivity index (χ1) is 11.0. The summed E-state index contributed by atoms with van der Waals surface area (Å²) >= 11 is 6.96. The Balaban J connectivity index is 1.86. The Hall–Kier alpha value is -2.12. The molecule has 0 bridgehead atoms. The third-order valence-electron chi connectivity index (χ3n) is 2.86. The molecular weight excluding hydrogens is 340 g/mol. The first-order valence-corrected chi connectivity index (χ1v) is 7.89. The topological polar surface area (TPSA) is 82.3 Å². The molecule has 1 unspecified atom stereocenters. The van der Waals surface area contributed by atoms with Gasteiger partial charge in [-0.15, -0.1) is 11.8 Å². The number of non-ortho nitro benzene ring substituents is 1. The summed E-state index contributed by atoms with van der Waals surface area (Å²) in [5.74, 6) is -0.372. The Morgan fingerprint density at radius 3 is 2.61 bits per heavy atom. The maximum atomic E-state index is 12.0. The third kappa shape index (κ3) is 5.22. The lowest BCUT2D eigenvalue weighted by Gasteiger charge is -2.11. The monoisotopic (exact) mass is 352 g/mol. The first-order valence-electron chi connectivity index (χ1n) is 6.64. The number of nitro groups is 1. The number of hydrogen-bond donors (Lipinski definition) is 0. The van der Waals surface area contributed by atoms with E-state index in [0.717, 1.165) is 10.5 Å². The van der Waals surface area contributed by atoms with Crippen LogP contribution in [0.5, 0.6) is 0 Å². The summed E-state index contributed by atoms with van der Waals surface area (Å²) in [4.78, 5) is 26.8. The summed E-state index contributed by atoms with van der Waals surface area (Å²) in [6.45, 7) is 1.84. The number of benzene rings is 1. The second-order valence-corrected chi connectivity index (χ2v) is 6.41. The molecule has 0 radical (unpaired) electrons. The Kier molecular flexibility index (Phi) is 5.95. The Morgan fingerprint density at radius 2 is 2.04 bits per heavy atom. The highest BCUT2D eigenvalue weighted by molar-refractivity contribution is 8.00. The number of hydrogen-bond acceptors (Lipinski definition) is 6. The van der Waals surface area contributed by atoms with Gasteiger partial charge in [-0.25, -0.2) is 4.98 Å². The molecule has 1 aromatic heterocycles. The van der Waals surface area contributed by atoms with E-state index in [1.807, 2.05) is 0 Å². The molecule has 0 fully saturated rings. The molecule has 23 heavy (non-hydrogen) atoms. The number of rotatable bonds is 6. The number of pyridine rings is 1. The number of carbonyl (C=O) groups is 1. The van der Waals surface area contributed by atoms with Gasteiger partial charge in [0, 0.05) is 28.8 Å². The van der Waals surface area contributed by atoms with Crippen molar-refractivity contribution in [2.24, 2.45) is 0 Å². The van der Waals surface area contributed by atoms with Gasteiger partial charge in [-0.2, -0.15) is 0 Å². The van der Waals surface area contributed by atoms with E-state index in [1.165, 1.54) is 23.9 Å². The molecule has 8 heteroatoms. The molecule has 1 heterocycles. The zero-order valence-electron chi connectivity index (χ0n) is 12.1. The number of esters is 1. The number of thioether (sulfide) groups is 1. The smallest absolute Gasteiger partial charge is 0.319 e. The van der Waals surface area contributed by atoms with E-state index < -0.39 is 10.2 Å². The summed E-state index contributed by atoms with van der Waals surface area (Å²) in [5.41, 5.74) is 0.759. The minimum absolute atomic E-state index is 0.0137. The fourth-order valence-corrected chi connectivity index (χ4v) is 2.64. The van der Waals surface area contributed by atoms with E-state index >= 15 is 0 Å². The van der Waals surface area contributed by atoms with Crippen molar-refractivity contribution in [3.8, 4) is 0 Å². The molecule has 1 aromatic carbocycles. The summed E-state index contributed by atoms with van der Waals surface area (Å²) in [6, 6.07) is 9.38. The van der Waals surface area contributed by atoms with E-state index in [4.69, 9.17) is 16.3 Å². The largest absolute Gasteiger partial charge is 0.460 e. The minimum Gasteiger partial charge on any atom is -0.460 e. The van der Waals surface area contributed by atoms with Crippen molar-refractivity contribution < 1.29 is 14.5 Å². The molecule has 6 nitrogen and oxygen atoms in total. The minimum atomic E-state index is -0.466. The van der Waals surface area contributed by atoms with Crippen molar-refractivity contribution in [1.82, 2.24) is 4.98 Å². The van der Waals surface area contributed by atoms with Crippen LogP contribution in [0, 0.1) is 10.1 Å². The number of aromatic nitrogens is 1. The summed E-state index contributed by atoms with van der Waals surface area (Å²) in [5, 5.41) is 10.5. The van der Waals surface area contributed by atoms with E-state index in [2.05, 4.69) is 4.98 Å². The van der Waals surface area contributed by atoms with E-state index in [1.54, 1.807) is 37.4 Å². The highest BCUT2D eigenvalue weighted by Gasteiger charge is 2.16. The van der Waals surface area contributed by atoms with Crippen LogP contribution in [0.1, 0.15) is 12.5 Å². The highest BCUT2D eigenvalue weighted by atomic mass is 35.5. The van der Waals surface area contributed by atoms with Gasteiger partial charge in [0.15, 0.2) is 0 Å². The van der Waals surface area contributed by atoms with Crippen LogP contribution in [0.2, 0.25) is 5.15 Å². The summed E-state index contributed by atoms with van der Waals surface area (Å²) < 4.78 is 5.21. The number of nitrogens with zero attached hydrogens (tertiary/aromatic N) is 2. The van der Waals surface area contributed by atoms with E-state index in [0.29, 0.717) is 5.15 Å². The average Bonchev–Trinajstić information content (AvgIpc) is 2.54. The van der Waals surface area contributed by atoms with Crippen LogP contribution < -0.4 is 0 Å². The van der Waals surface area contributed by atoms with Gasteiger partial charge in [0.05, 0.1) is 4.92 Å². The van der Waals surface area contributed by atoms with Crippen LogP contribution in [-0.2, 0) is 16.1 Å². The Labute approximate surface area is 142 Å². The summed E-state index contributed by atoms with van der Waals surface area (Å²) in [6.07, 6.45) is 1.55. The maximum Gasteiger partial charge on any atom is 0.319 e. The zero-order chi connectivity index (χ0) is 16.8. The third-order valence-corrected chi connectivity index (χ3v) is 4.18. The van der Waals surface area contributed by atoms with Gasteiger partial charge >= 0.3 is 5.97 Å². The van der Waals surface area contributed by atoms with Gasteiger partial charge < -0.3 is 4.74 Å². The van der Waals surface area contributed by atoms with Gasteiger partial charge in [0.25, 0.3) is 5.69 Å². The molecule has 0 aliphatic carbocycles. The molecule has 2 rings (SSSR count). The van der Waals surface area contributed by atoms with Crippen LogP contribution in [0.15, 0.2) is 47.5 Å². The second-order valence-electron chi connectivity index (χ2n) is 4.61. The van der Waals surface area contributed by atoms with Crippen molar-refractivity contribution in [1.29, 1.82) is 0 Å². The Morgan fingerprint density at radius 1 is 1.35 bits per heavy atom. The predicted octanol–water partition coefficient (Wildman–Crippen LogP) is 3.87. The quantitative estimate of drug-likeness (QED) is 0.258. The molecule has 0 saturated carbocycles. The van der Waals surface area contributed by atoms with Crippen LogP contribution in [0.25, 0.3) is 0 Å². The van der Waals surface area contributed by atoms with Crippen molar-refractivity contribution in [2.45, 2.75) is 23.7 Å². The number of carbonyl (C=O) groups excluding carboxylic acids is 1. The standard InChI is InChI=1S/C15H13ClN2O4S/c1-10(23-13-5-3-12(4-6-13)18(20)21)15(19)22-9-11-2-7-14(16)17-8-11/h2-8,10H,9H2,1H3. The molecular formula is C15H13ClN2O4S. The molecule has 1 atom stereocenters. The molecule has 0 aliphatic heterocycles. The number of ether oxygens (including phenoxy) is 1. The van der Waals surface area contributed by atoms with Gasteiger partial charge in [0.2, 0.25) is 0 Å². The lowest BCUT2D eigenvalue weighted by atomic mass is 10.3. The molecule has 0 amide bonds. The van der Waals surface area contributed by atoms with Crippen molar-refractivity contribution >= 4 is 35.0 Å². The molecule has 120 valence electrons. The normalized spacial score (nSPS) is 11.7. The molecule has 0 saturated heterocycles. The molecule has 0 spiro atoms. The van der Waals surface area contributed by atoms with Crippen LogP contribution in [0.3, 0.4) is 0 Å². The van der Waals surface area contributed by atoms with Crippen LogP contribution in [0.4, 0.5) is 5.69 Å². The van der Waals surface area contributed by atoms with Gasteiger partial charge in [-0.1, -0.05) is 17.7 Å². The zero-order valence-corrected chi connectivity index (χ0v) is 13.7. The van der Waals surface area contributed by atoms with Crippen molar-refractivity contribution in [3.63, 3.8) is 0 Å². The summed E-state index contributed by atoms with van der Waals surface area (Å²) in [7, 11) is 0. The lowest BCUT2D eigenvalue weighted by molar-refractivity contribution is -0.384. The maximum absolute atomic E-state index is 12.0. The number of halogens is 1. The van der Waals surface area contributed by atoms with Crippen molar-refractivity contribution in [3.05, 3.63) is 63.4 Å².